The third-order valence-electron chi connectivity index (χ3n) is 3.74. The Morgan fingerprint density at radius 1 is 1.29 bits per heavy atom. The fourth-order valence-corrected chi connectivity index (χ4v) is 2.40. The van der Waals surface area contributed by atoms with Crippen LogP contribution in [0.1, 0.15) is 47.5 Å². The average Bonchev–Trinajstić information content (AvgIpc) is 2.46. The number of Topliss-reactive ketones (excluding diaryl/α,β-unsaturated/α-hetero) is 2. The predicted octanol–water partition coefficient (Wildman–Crippen LogP) is 1.45. The lowest BCUT2D eigenvalue weighted by atomic mass is 9.87. The third kappa shape index (κ3) is 6.29. The Hall–Kier alpha value is -1.92. The highest BCUT2D eigenvalue weighted by Crippen LogP contribution is 2.18. The molecule has 0 aromatic heterocycles. The summed E-state index contributed by atoms with van der Waals surface area (Å²) < 4.78 is 5.13. The van der Waals surface area contributed by atoms with Crippen molar-refractivity contribution in [3.63, 3.8) is 0 Å². The van der Waals surface area contributed by atoms with Crippen LogP contribution in [-0.4, -0.2) is 42.8 Å². The van der Waals surface area contributed by atoms with Crippen LogP contribution in [0.5, 0.6) is 0 Å². The molecular formula is C17H28N2O5. The summed E-state index contributed by atoms with van der Waals surface area (Å²) in [4.78, 5) is 47.6. The Morgan fingerprint density at radius 3 is 2.46 bits per heavy atom. The second kappa shape index (κ2) is 8.26. The zero-order valence-corrected chi connectivity index (χ0v) is 15.1. The predicted molar refractivity (Wildman–Crippen MR) is 88.3 cm³/mol. The zero-order valence-electron chi connectivity index (χ0n) is 15.1. The van der Waals surface area contributed by atoms with Gasteiger partial charge in [-0.05, 0) is 17.8 Å². The van der Waals surface area contributed by atoms with Crippen molar-refractivity contribution < 1.29 is 23.9 Å². The van der Waals surface area contributed by atoms with Gasteiger partial charge in [0, 0.05) is 18.9 Å². The maximum absolute atomic E-state index is 12.5. The summed E-state index contributed by atoms with van der Waals surface area (Å²) in [6.45, 7) is 10.0. The van der Waals surface area contributed by atoms with E-state index in [1.165, 1.54) is 0 Å². The number of ketones is 2. The second-order valence-corrected chi connectivity index (χ2v) is 7.78. The molecule has 1 saturated heterocycles. The number of carbonyl (C=O) groups is 4. The average molecular weight is 340 g/mol. The van der Waals surface area contributed by atoms with Gasteiger partial charge in [0.05, 0.1) is 12.6 Å². The molecule has 0 aromatic rings. The first-order chi connectivity index (χ1) is 11.0. The zero-order chi connectivity index (χ0) is 18.5. The van der Waals surface area contributed by atoms with Gasteiger partial charge in [-0.2, -0.15) is 0 Å². The number of carbonyl (C=O) groups excluding carboxylic acids is 4. The van der Waals surface area contributed by atoms with Crippen LogP contribution in [-0.2, 0) is 19.1 Å². The molecule has 24 heavy (non-hydrogen) atoms. The van der Waals surface area contributed by atoms with Crippen molar-refractivity contribution in [2.24, 2.45) is 17.3 Å². The van der Waals surface area contributed by atoms with Crippen molar-refractivity contribution in [3.05, 3.63) is 0 Å². The Kier molecular flexibility index (Phi) is 6.93. The van der Waals surface area contributed by atoms with E-state index in [1.54, 1.807) is 0 Å². The van der Waals surface area contributed by atoms with Gasteiger partial charge in [-0.1, -0.05) is 34.6 Å². The van der Waals surface area contributed by atoms with Crippen molar-refractivity contribution in [1.82, 2.24) is 10.6 Å². The first-order valence-electron chi connectivity index (χ1n) is 8.29. The highest BCUT2D eigenvalue weighted by Gasteiger charge is 2.34. The van der Waals surface area contributed by atoms with Crippen molar-refractivity contribution in [3.8, 4) is 0 Å². The monoisotopic (exact) mass is 340 g/mol. The van der Waals surface area contributed by atoms with Gasteiger partial charge in [0.2, 0.25) is 5.78 Å². The van der Waals surface area contributed by atoms with Crippen LogP contribution in [0.3, 0.4) is 0 Å². The van der Waals surface area contributed by atoms with E-state index in [1.807, 2.05) is 34.6 Å². The van der Waals surface area contributed by atoms with Crippen molar-refractivity contribution in [1.29, 1.82) is 0 Å². The van der Waals surface area contributed by atoms with Crippen LogP contribution in [0.4, 0.5) is 4.79 Å². The maximum Gasteiger partial charge on any atom is 0.407 e. The normalized spacial score (nSPS) is 19.7. The number of hydrogen-bond donors (Lipinski definition) is 2. The minimum Gasteiger partial charge on any atom is -0.449 e. The summed E-state index contributed by atoms with van der Waals surface area (Å²) in [5, 5.41) is 5.04. The lowest BCUT2D eigenvalue weighted by Crippen LogP contribution is -2.48. The summed E-state index contributed by atoms with van der Waals surface area (Å²) in [5.74, 6) is -2.22. The largest absolute Gasteiger partial charge is 0.449 e. The fraction of sp³-hybridized carbons (Fsp3) is 0.765. The Labute approximate surface area is 142 Å². The molecule has 1 heterocycles. The highest BCUT2D eigenvalue weighted by molar-refractivity contribution is 6.37. The second-order valence-electron chi connectivity index (χ2n) is 7.78. The van der Waals surface area contributed by atoms with Crippen LogP contribution in [0.15, 0.2) is 0 Å². The number of nitrogens with one attached hydrogen (secondary N) is 2. The van der Waals surface area contributed by atoms with Gasteiger partial charge < -0.3 is 15.4 Å². The molecule has 0 saturated carbocycles. The van der Waals surface area contributed by atoms with Gasteiger partial charge in [-0.25, -0.2) is 4.79 Å². The smallest absolute Gasteiger partial charge is 0.407 e. The van der Waals surface area contributed by atoms with E-state index in [0.717, 1.165) is 0 Å². The van der Waals surface area contributed by atoms with Gasteiger partial charge in [0.25, 0.3) is 5.91 Å². The van der Waals surface area contributed by atoms with Gasteiger partial charge in [0.15, 0.2) is 5.78 Å². The Balaban J connectivity index is 2.63. The highest BCUT2D eigenvalue weighted by atomic mass is 16.5. The number of piperidine rings is 1. The molecule has 0 aliphatic carbocycles. The van der Waals surface area contributed by atoms with Crippen molar-refractivity contribution >= 4 is 23.6 Å². The molecule has 136 valence electrons. The minimum absolute atomic E-state index is 0.0470. The quantitative estimate of drug-likeness (QED) is 0.713. The van der Waals surface area contributed by atoms with Crippen molar-refractivity contribution in [2.45, 2.75) is 53.5 Å². The van der Waals surface area contributed by atoms with Gasteiger partial charge in [0.1, 0.15) is 0 Å². The van der Waals surface area contributed by atoms with Crippen LogP contribution >= 0.6 is 0 Å². The van der Waals surface area contributed by atoms with E-state index >= 15 is 0 Å². The topological polar surface area (TPSA) is 102 Å². The Morgan fingerprint density at radius 2 is 1.92 bits per heavy atom. The van der Waals surface area contributed by atoms with E-state index in [4.69, 9.17) is 4.74 Å². The van der Waals surface area contributed by atoms with Crippen LogP contribution in [0, 0.1) is 17.3 Å². The molecule has 1 rings (SSSR count). The summed E-state index contributed by atoms with van der Waals surface area (Å²) in [5.41, 5.74) is -0.170. The number of hydrogen-bond acceptors (Lipinski definition) is 5. The molecule has 1 fully saturated rings. The molecule has 0 spiro atoms. The molecule has 7 heteroatoms. The molecule has 1 aliphatic heterocycles. The van der Waals surface area contributed by atoms with E-state index < -0.39 is 29.7 Å². The van der Waals surface area contributed by atoms with Gasteiger partial charge in [-0.3, -0.25) is 14.4 Å². The lowest BCUT2D eigenvalue weighted by Gasteiger charge is -2.25. The van der Waals surface area contributed by atoms with Crippen LogP contribution < -0.4 is 10.6 Å². The lowest BCUT2D eigenvalue weighted by molar-refractivity contribution is -0.143. The number of amides is 2. The van der Waals surface area contributed by atoms with E-state index in [9.17, 15) is 19.2 Å². The number of alkyl carbamates (subject to hydrolysis) is 1. The fourth-order valence-electron chi connectivity index (χ4n) is 2.40. The SMILES string of the molecule is CC(C)C(NC(=O)OCC(C)(C)C)C(=O)CC1CCNC(=O)C1=O. The third-order valence-corrected chi connectivity index (χ3v) is 3.74. The summed E-state index contributed by atoms with van der Waals surface area (Å²) >= 11 is 0. The maximum atomic E-state index is 12.5. The standard InChI is InChI=1S/C17H28N2O5/c1-10(2)13(19-16(23)24-9-17(3,4)5)12(20)8-11-6-7-18-15(22)14(11)21/h10-11,13H,6-9H2,1-5H3,(H,18,22)(H,19,23). The summed E-state index contributed by atoms with van der Waals surface area (Å²) in [6.07, 6.45) is -0.255. The summed E-state index contributed by atoms with van der Waals surface area (Å²) in [6, 6.07) is -0.741. The molecular weight excluding hydrogens is 312 g/mol. The van der Waals surface area contributed by atoms with E-state index in [-0.39, 0.29) is 30.1 Å². The molecule has 0 bridgehead atoms. The van der Waals surface area contributed by atoms with Crippen molar-refractivity contribution in [2.75, 3.05) is 13.2 Å². The number of rotatable bonds is 6. The molecule has 2 N–H and O–H groups in total. The Bertz CT molecular complexity index is 508. The van der Waals surface area contributed by atoms with Crippen LogP contribution in [0.2, 0.25) is 0 Å². The minimum atomic E-state index is -0.741. The summed E-state index contributed by atoms with van der Waals surface area (Å²) in [7, 11) is 0. The first-order valence-corrected chi connectivity index (χ1v) is 8.29. The van der Waals surface area contributed by atoms with E-state index in [2.05, 4.69) is 10.6 Å². The molecule has 1 aliphatic rings. The molecule has 7 nitrogen and oxygen atoms in total. The van der Waals surface area contributed by atoms with E-state index in [0.29, 0.717) is 13.0 Å². The molecule has 2 atom stereocenters. The molecule has 0 radical (unpaired) electrons. The molecule has 2 unspecified atom stereocenters. The van der Waals surface area contributed by atoms with Crippen LogP contribution in [0.25, 0.3) is 0 Å². The number of ether oxygens (including phenoxy) is 1. The molecule has 2 amide bonds. The molecule has 0 aromatic carbocycles. The first kappa shape index (κ1) is 20.1. The van der Waals surface area contributed by atoms with Gasteiger partial charge in [-0.15, -0.1) is 0 Å². The van der Waals surface area contributed by atoms with Gasteiger partial charge >= 0.3 is 6.09 Å².